The third-order valence-corrected chi connectivity index (χ3v) is 10.8. The van der Waals surface area contributed by atoms with Crippen LogP contribution in [0.2, 0.25) is 0 Å². The summed E-state index contributed by atoms with van der Waals surface area (Å²) in [6.45, 7) is 6.00. The van der Waals surface area contributed by atoms with Crippen molar-refractivity contribution in [2.45, 2.75) is 63.6 Å². The number of aryl methyl sites for hydroxylation is 1. The summed E-state index contributed by atoms with van der Waals surface area (Å²) in [5.74, 6) is 0.543. The molecule has 1 spiro atoms. The molecule has 7 rings (SSSR count). The number of aromatic nitrogens is 1. The Morgan fingerprint density at radius 1 is 0.957 bits per heavy atom. The van der Waals surface area contributed by atoms with Gasteiger partial charge >= 0.3 is 17.9 Å². The minimum Gasteiger partial charge on any atom is -0.438 e. The van der Waals surface area contributed by atoms with E-state index in [1.165, 1.54) is 12.8 Å². The topological polar surface area (TPSA) is 137 Å². The summed E-state index contributed by atoms with van der Waals surface area (Å²) in [6, 6.07) is 11.2. The number of amides is 3. The molecule has 3 fully saturated rings. The van der Waals surface area contributed by atoms with Crippen LogP contribution in [0.3, 0.4) is 0 Å². The van der Waals surface area contributed by atoms with E-state index in [9.17, 15) is 19.2 Å². The fourth-order valence-corrected chi connectivity index (χ4v) is 8.08. The molecule has 1 aromatic heterocycles. The number of likely N-dealkylation sites (tertiary alicyclic amines) is 3. The van der Waals surface area contributed by atoms with E-state index in [1.54, 1.807) is 11.0 Å². The molecule has 1 atom stereocenters. The normalized spacial score (nSPS) is 21.3. The summed E-state index contributed by atoms with van der Waals surface area (Å²) in [5.41, 5.74) is 3.34. The number of carbonyl (C=O) groups excluding carboxylic acids is 3. The number of hydrogen-bond donors (Lipinski definition) is 2. The summed E-state index contributed by atoms with van der Waals surface area (Å²) in [7, 11) is 2.17. The van der Waals surface area contributed by atoms with Gasteiger partial charge < -0.3 is 28.6 Å². The molecule has 3 saturated heterocycles. The van der Waals surface area contributed by atoms with Gasteiger partial charge in [-0.15, -0.1) is 0 Å². The van der Waals surface area contributed by atoms with Gasteiger partial charge in [-0.2, -0.15) is 0 Å². The van der Waals surface area contributed by atoms with E-state index in [-0.39, 0.29) is 12.3 Å². The number of hydrogen-bond acceptors (Lipinski definition) is 8. The highest BCUT2D eigenvalue weighted by molar-refractivity contribution is 5.89. The number of fused-ring (bicyclic) bond motifs is 3. The molecule has 3 amide bonds. The summed E-state index contributed by atoms with van der Waals surface area (Å²) < 4.78 is 17.2. The molecular weight excluding hydrogens is 602 g/mol. The number of anilines is 1. The van der Waals surface area contributed by atoms with Gasteiger partial charge in [0.15, 0.2) is 11.7 Å². The second kappa shape index (κ2) is 12.7. The highest BCUT2D eigenvalue weighted by Crippen LogP contribution is 2.43. The molecule has 250 valence electrons. The first-order valence-electron chi connectivity index (χ1n) is 16.8. The largest absolute Gasteiger partial charge is 0.438 e. The van der Waals surface area contributed by atoms with E-state index in [4.69, 9.17) is 13.9 Å². The molecule has 5 heterocycles. The molecule has 2 aromatic carbocycles. The number of para-hydroxylation sites is 1. The zero-order valence-electron chi connectivity index (χ0n) is 27.1. The zero-order valence-corrected chi connectivity index (χ0v) is 27.1. The lowest BCUT2D eigenvalue weighted by Crippen LogP contribution is -2.52. The first-order valence-corrected chi connectivity index (χ1v) is 16.8. The van der Waals surface area contributed by atoms with E-state index in [1.807, 2.05) is 42.2 Å². The Bertz CT molecular complexity index is 1710. The van der Waals surface area contributed by atoms with Crippen LogP contribution in [0.15, 0.2) is 45.6 Å². The standard InChI is InChI=1S/C35H43N5O7/c1-22-19-23(20-28-30(22)37-32(42)45-28)21-29(31(41)39-15-9-25(10-16-39)24-7-13-38(2)14-8-24)46-34(44)40-17-11-35(12-18-40)26-5-3-4-6-27(26)36-33(43)47-35/h3-6,19-20,24-25,29H,7-18,21H2,1-2H3,(H,36,43)(H,37,42). The number of nitrogens with zero attached hydrogens (tertiary/aromatic N) is 3. The summed E-state index contributed by atoms with van der Waals surface area (Å²) in [4.78, 5) is 60.5. The van der Waals surface area contributed by atoms with Gasteiger partial charge in [-0.25, -0.2) is 14.4 Å². The highest BCUT2D eigenvalue weighted by atomic mass is 16.6. The van der Waals surface area contributed by atoms with Crippen molar-refractivity contribution < 1.29 is 28.3 Å². The van der Waals surface area contributed by atoms with Crippen LogP contribution >= 0.6 is 0 Å². The molecule has 0 radical (unpaired) electrons. The van der Waals surface area contributed by atoms with Crippen LogP contribution < -0.4 is 11.1 Å². The maximum atomic E-state index is 14.1. The fraction of sp³-hybridized carbons (Fsp3) is 0.543. The first kappa shape index (κ1) is 31.3. The Kier molecular flexibility index (Phi) is 8.46. The zero-order chi connectivity index (χ0) is 32.7. The van der Waals surface area contributed by atoms with Gasteiger partial charge in [-0.1, -0.05) is 24.3 Å². The maximum absolute atomic E-state index is 14.1. The van der Waals surface area contributed by atoms with Crippen molar-refractivity contribution in [3.8, 4) is 0 Å². The molecule has 1 unspecified atom stereocenters. The average Bonchev–Trinajstić information content (AvgIpc) is 3.45. The van der Waals surface area contributed by atoms with Gasteiger partial charge in [-0.05, 0) is 87.8 Å². The van der Waals surface area contributed by atoms with E-state index in [0.717, 1.165) is 48.3 Å². The van der Waals surface area contributed by atoms with Crippen LogP contribution in [0.5, 0.6) is 0 Å². The van der Waals surface area contributed by atoms with Crippen molar-refractivity contribution >= 4 is 34.9 Å². The van der Waals surface area contributed by atoms with Crippen LogP contribution in [0.1, 0.15) is 55.2 Å². The van der Waals surface area contributed by atoms with Gasteiger partial charge in [-0.3, -0.25) is 15.1 Å². The van der Waals surface area contributed by atoms with E-state index >= 15 is 0 Å². The maximum Gasteiger partial charge on any atom is 0.417 e. The lowest BCUT2D eigenvalue weighted by Gasteiger charge is -2.44. The molecule has 3 aromatic rings. The molecule has 0 bridgehead atoms. The third kappa shape index (κ3) is 6.35. The molecule has 4 aliphatic heterocycles. The number of nitrogens with one attached hydrogen (secondary N) is 2. The second-order valence-corrected chi connectivity index (χ2v) is 13.7. The van der Waals surface area contributed by atoms with Gasteiger partial charge in [0.2, 0.25) is 0 Å². The Morgan fingerprint density at radius 2 is 1.64 bits per heavy atom. The quantitative estimate of drug-likeness (QED) is 0.411. The fourth-order valence-electron chi connectivity index (χ4n) is 8.08. The number of ether oxygens (including phenoxy) is 2. The lowest BCUT2D eigenvalue weighted by molar-refractivity contribution is -0.143. The molecule has 12 nitrogen and oxygen atoms in total. The number of rotatable bonds is 5. The van der Waals surface area contributed by atoms with Gasteiger partial charge in [0.25, 0.3) is 5.91 Å². The van der Waals surface area contributed by atoms with Gasteiger partial charge in [0.1, 0.15) is 5.60 Å². The number of carbonyl (C=O) groups is 3. The van der Waals surface area contributed by atoms with Crippen molar-refractivity contribution in [2.75, 3.05) is 51.6 Å². The Hall–Kier alpha value is -4.32. The number of aromatic amines is 1. The minimum absolute atomic E-state index is 0.152. The first-order chi connectivity index (χ1) is 22.7. The summed E-state index contributed by atoms with van der Waals surface area (Å²) in [5, 5.41) is 2.76. The average molecular weight is 646 g/mol. The Labute approximate surface area is 273 Å². The predicted octanol–water partition coefficient (Wildman–Crippen LogP) is 4.61. The molecule has 0 aliphatic carbocycles. The number of oxazole rings is 1. The molecule has 12 heteroatoms. The molecule has 2 N–H and O–H groups in total. The van der Waals surface area contributed by atoms with Crippen molar-refractivity contribution in [3.63, 3.8) is 0 Å². The van der Waals surface area contributed by atoms with Gasteiger partial charge in [0, 0.05) is 51.0 Å². The summed E-state index contributed by atoms with van der Waals surface area (Å²) in [6.07, 6.45) is 3.16. The third-order valence-electron chi connectivity index (χ3n) is 10.8. The predicted molar refractivity (Wildman–Crippen MR) is 174 cm³/mol. The minimum atomic E-state index is -1.04. The number of piperidine rings is 3. The van der Waals surface area contributed by atoms with Crippen LogP contribution in [0.4, 0.5) is 15.3 Å². The van der Waals surface area contributed by atoms with Crippen molar-refractivity contribution in [2.24, 2.45) is 11.8 Å². The number of H-pyrrole nitrogens is 1. The van der Waals surface area contributed by atoms with E-state index in [0.29, 0.717) is 62.0 Å². The molecule has 4 aliphatic rings. The summed E-state index contributed by atoms with van der Waals surface area (Å²) >= 11 is 0. The van der Waals surface area contributed by atoms with Crippen LogP contribution in [-0.2, 0) is 26.3 Å². The van der Waals surface area contributed by atoms with Gasteiger partial charge in [0.05, 0.1) is 11.2 Å². The highest BCUT2D eigenvalue weighted by Gasteiger charge is 2.46. The van der Waals surface area contributed by atoms with Crippen LogP contribution in [-0.4, -0.2) is 90.2 Å². The van der Waals surface area contributed by atoms with Crippen molar-refractivity contribution in [1.29, 1.82) is 0 Å². The molecule has 47 heavy (non-hydrogen) atoms. The lowest BCUT2D eigenvalue weighted by atomic mass is 9.79. The Morgan fingerprint density at radius 3 is 2.36 bits per heavy atom. The van der Waals surface area contributed by atoms with E-state index in [2.05, 4.69) is 22.2 Å². The van der Waals surface area contributed by atoms with Crippen LogP contribution in [0, 0.1) is 18.8 Å². The van der Waals surface area contributed by atoms with Crippen molar-refractivity contribution in [3.05, 3.63) is 63.6 Å². The smallest absolute Gasteiger partial charge is 0.417 e. The second-order valence-electron chi connectivity index (χ2n) is 13.7. The Balaban J connectivity index is 1.06. The van der Waals surface area contributed by atoms with E-state index < -0.39 is 29.6 Å². The van der Waals surface area contributed by atoms with Crippen LogP contribution in [0.25, 0.3) is 11.1 Å². The molecular formula is C35H43N5O7. The SMILES string of the molecule is Cc1cc(CC(OC(=O)N2CCC3(CC2)OC(=O)Nc2ccccc23)C(=O)N2CCC(C3CCN(C)CC3)CC2)cc2oc(=O)[nH]c12. The molecule has 0 saturated carbocycles. The monoisotopic (exact) mass is 645 g/mol. The number of benzene rings is 2. The van der Waals surface area contributed by atoms with Crippen molar-refractivity contribution in [1.82, 2.24) is 19.7 Å².